The smallest absolute Gasteiger partial charge is 0.264 e. The Morgan fingerprint density at radius 3 is 2.12 bits per heavy atom. The predicted octanol–water partition coefficient (Wildman–Crippen LogP) is 6.16. The third-order valence-corrected chi connectivity index (χ3v) is 10.0. The maximum Gasteiger partial charge on any atom is 0.264 e. The number of benzene rings is 4. The summed E-state index contributed by atoms with van der Waals surface area (Å²) in [6.07, 6.45) is 1.91. The molecule has 50 heavy (non-hydrogen) atoms. The molecule has 0 unspecified atom stereocenters. The van der Waals surface area contributed by atoms with Gasteiger partial charge in [0.05, 0.1) is 31.4 Å². The van der Waals surface area contributed by atoms with Gasteiger partial charge in [-0.05, 0) is 67.8 Å². The van der Waals surface area contributed by atoms with Crippen LogP contribution in [0.4, 0.5) is 5.69 Å². The fourth-order valence-corrected chi connectivity index (χ4v) is 6.89. The molecule has 266 valence electrons. The van der Waals surface area contributed by atoms with E-state index in [1.54, 1.807) is 24.3 Å². The molecule has 10 nitrogen and oxygen atoms in total. The highest BCUT2D eigenvalue weighted by atomic mass is 32.2. The molecule has 11 heteroatoms. The van der Waals surface area contributed by atoms with Gasteiger partial charge in [-0.1, -0.05) is 73.5 Å². The van der Waals surface area contributed by atoms with E-state index in [0.29, 0.717) is 24.7 Å². The van der Waals surface area contributed by atoms with Crippen molar-refractivity contribution in [2.45, 2.75) is 57.5 Å². The predicted molar refractivity (Wildman–Crippen MR) is 195 cm³/mol. The number of hydrogen-bond donors (Lipinski definition) is 1. The van der Waals surface area contributed by atoms with Gasteiger partial charge in [-0.25, -0.2) is 8.42 Å². The number of anilines is 1. The number of rotatable bonds is 18. The van der Waals surface area contributed by atoms with E-state index in [1.807, 2.05) is 75.4 Å². The lowest BCUT2D eigenvalue weighted by Gasteiger charge is -2.34. The second-order valence-corrected chi connectivity index (χ2v) is 13.7. The van der Waals surface area contributed by atoms with Gasteiger partial charge in [0, 0.05) is 25.6 Å². The molecule has 0 aromatic heterocycles. The molecule has 0 saturated heterocycles. The highest BCUT2D eigenvalue weighted by molar-refractivity contribution is 7.92. The van der Waals surface area contributed by atoms with E-state index < -0.39 is 28.5 Å². The largest absolute Gasteiger partial charge is 0.494 e. The van der Waals surface area contributed by atoms with Crippen LogP contribution in [0, 0.1) is 6.92 Å². The summed E-state index contributed by atoms with van der Waals surface area (Å²) < 4.78 is 46.4. The summed E-state index contributed by atoms with van der Waals surface area (Å²) in [4.78, 5) is 30.0. The molecule has 1 N–H and O–H groups in total. The lowest BCUT2D eigenvalue weighted by Crippen LogP contribution is -2.53. The van der Waals surface area contributed by atoms with E-state index >= 15 is 0 Å². The molecule has 0 spiro atoms. The van der Waals surface area contributed by atoms with E-state index in [9.17, 15) is 18.0 Å². The lowest BCUT2D eigenvalue weighted by atomic mass is 10.0. The van der Waals surface area contributed by atoms with Crippen LogP contribution in [-0.2, 0) is 32.6 Å². The number of carbonyl (C=O) groups excluding carboxylic acids is 2. The first-order valence-electron chi connectivity index (χ1n) is 16.8. The molecule has 2 amide bonds. The molecular weight excluding hydrogens is 655 g/mol. The maximum absolute atomic E-state index is 14.7. The highest BCUT2D eigenvalue weighted by Crippen LogP contribution is 2.33. The number of ether oxygens (including phenoxy) is 3. The Balaban J connectivity index is 1.82. The van der Waals surface area contributed by atoms with Crippen LogP contribution in [0.15, 0.2) is 102 Å². The number of carbonyl (C=O) groups is 2. The van der Waals surface area contributed by atoms with E-state index in [1.165, 1.54) is 37.3 Å². The number of methoxy groups -OCH3 is 2. The van der Waals surface area contributed by atoms with Crippen molar-refractivity contribution >= 4 is 27.5 Å². The molecule has 4 aromatic carbocycles. The fourth-order valence-electron chi connectivity index (χ4n) is 5.46. The van der Waals surface area contributed by atoms with E-state index in [2.05, 4.69) is 5.32 Å². The van der Waals surface area contributed by atoms with Gasteiger partial charge in [-0.15, -0.1) is 0 Å². The van der Waals surface area contributed by atoms with Crippen LogP contribution in [0.2, 0.25) is 0 Å². The first-order chi connectivity index (χ1) is 24.1. The lowest BCUT2D eigenvalue weighted by molar-refractivity contribution is -0.140. The molecule has 0 aliphatic carbocycles. The Hall–Kier alpha value is -5.03. The average Bonchev–Trinajstić information content (AvgIpc) is 3.13. The van der Waals surface area contributed by atoms with E-state index in [-0.39, 0.29) is 35.2 Å². The summed E-state index contributed by atoms with van der Waals surface area (Å²) in [7, 11) is -1.48. The highest BCUT2D eigenvalue weighted by Gasteiger charge is 2.35. The minimum Gasteiger partial charge on any atom is -0.494 e. The molecule has 4 rings (SSSR count). The Morgan fingerprint density at radius 1 is 0.820 bits per heavy atom. The second kappa shape index (κ2) is 18.1. The number of nitrogens with zero attached hydrogens (tertiary/aromatic N) is 2. The van der Waals surface area contributed by atoms with Crippen LogP contribution in [0.25, 0.3) is 0 Å². The molecule has 0 saturated carbocycles. The first kappa shape index (κ1) is 37.8. The van der Waals surface area contributed by atoms with Crippen LogP contribution in [0.1, 0.15) is 43.4 Å². The van der Waals surface area contributed by atoms with Crippen molar-refractivity contribution in [2.75, 3.05) is 38.2 Å². The molecule has 0 bridgehead atoms. The fraction of sp³-hybridized carbons (Fsp3) is 0.333. The molecular formula is C39H47N3O7S. The summed E-state index contributed by atoms with van der Waals surface area (Å²) in [6.45, 7) is 6.26. The van der Waals surface area contributed by atoms with Gasteiger partial charge in [-0.3, -0.25) is 13.9 Å². The van der Waals surface area contributed by atoms with Crippen LogP contribution >= 0.6 is 0 Å². The van der Waals surface area contributed by atoms with Crippen LogP contribution in [-0.4, -0.2) is 65.1 Å². The number of unbranched alkanes of at least 4 members (excludes halogenated alkanes) is 1. The van der Waals surface area contributed by atoms with Gasteiger partial charge in [0.1, 0.15) is 18.3 Å². The Morgan fingerprint density at radius 2 is 1.50 bits per heavy atom. The van der Waals surface area contributed by atoms with Crippen molar-refractivity contribution in [3.63, 3.8) is 0 Å². The van der Waals surface area contributed by atoms with Crippen molar-refractivity contribution in [1.82, 2.24) is 10.2 Å². The molecule has 0 fully saturated rings. The Labute approximate surface area is 296 Å². The second-order valence-electron chi connectivity index (χ2n) is 11.8. The van der Waals surface area contributed by atoms with Gasteiger partial charge >= 0.3 is 0 Å². The molecule has 0 aliphatic heterocycles. The summed E-state index contributed by atoms with van der Waals surface area (Å²) in [5.41, 5.74) is 2.97. The monoisotopic (exact) mass is 701 g/mol. The zero-order valence-electron chi connectivity index (χ0n) is 29.4. The Kier molecular flexibility index (Phi) is 13.7. The first-order valence-corrected chi connectivity index (χ1v) is 18.2. The SMILES string of the molecule is CCCCNC(=O)[C@@H](Cc1ccccc1)N(Cc1ccc(C)cc1)C(=O)CN(c1ccc(OCC)cc1)S(=O)(=O)c1ccc(OC)c(OC)c1. The number of amides is 2. The summed E-state index contributed by atoms with van der Waals surface area (Å²) in [6, 6.07) is 27.1. The molecule has 0 heterocycles. The average molecular weight is 702 g/mol. The van der Waals surface area contributed by atoms with Crippen LogP contribution in [0.3, 0.4) is 0 Å². The van der Waals surface area contributed by atoms with Gasteiger partial charge in [-0.2, -0.15) is 0 Å². The van der Waals surface area contributed by atoms with Crippen LogP contribution < -0.4 is 23.8 Å². The summed E-state index contributed by atoms with van der Waals surface area (Å²) >= 11 is 0. The van der Waals surface area contributed by atoms with Crippen molar-refractivity contribution in [2.24, 2.45) is 0 Å². The maximum atomic E-state index is 14.7. The molecule has 4 aromatic rings. The van der Waals surface area contributed by atoms with Crippen LogP contribution in [0.5, 0.6) is 17.2 Å². The summed E-state index contributed by atoms with van der Waals surface area (Å²) in [5, 5.41) is 3.01. The van der Waals surface area contributed by atoms with Gasteiger partial charge in [0.25, 0.3) is 10.0 Å². The van der Waals surface area contributed by atoms with E-state index in [4.69, 9.17) is 14.2 Å². The van der Waals surface area contributed by atoms with Gasteiger partial charge in [0.15, 0.2) is 11.5 Å². The minimum atomic E-state index is -4.36. The topological polar surface area (TPSA) is 114 Å². The van der Waals surface area contributed by atoms with Crippen molar-refractivity contribution in [1.29, 1.82) is 0 Å². The molecule has 0 aliphatic rings. The van der Waals surface area contributed by atoms with Gasteiger partial charge in [0.2, 0.25) is 11.8 Å². The number of sulfonamides is 1. The minimum absolute atomic E-state index is 0.0886. The van der Waals surface area contributed by atoms with Gasteiger partial charge < -0.3 is 24.4 Å². The third kappa shape index (κ3) is 9.78. The summed E-state index contributed by atoms with van der Waals surface area (Å²) in [5.74, 6) is 0.281. The third-order valence-electron chi connectivity index (χ3n) is 8.23. The number of aryl methyl sites for hydroxylation is 1. The van der Waals surface area contributed by atoms with Crippen molar-refractivity contribution in [3.8, 4) is 17.2 Å². The standard InChI is InChI=1S/C39H47N3O7S/c1-6-8-24-40-39(44)35(25-30-12-10-9-11-13-30)41(27-31-16-14-29(3)15-17-31)38(43)28-42(32-18-20-33(21-19-32)49-7-2)50(45,46)34-22-23-36(47-4)37(26-34)48-5/h9-23,26,35H,6-8,24-25,27-28H2,1-5H3,(H,40,44)/t35-/m1/s1. The van der Waals surface area contributed by atoms with Crippen molar-refractivity contribution < 1.29 is 32.2 Å². The zero-order valence-corrected chi connectivity index (χ0v) is 30.2. The quantitative estimate of drug-likeness (QED) is 0.124. The Bertz CT molecular complexity index is 1800. The normalized spacial score (nSPS) is 11.7. The molecule has 0 radical (unpaired) electrons. The molecule has 1 atom stereocenters. The number of hydrogen-bond acceptors (Lipinski definition) is 7. The zero-order chi connectivity index (χ0) is 36.1. The van der Waals surface area contributed by atoms with E-state index in [0.717, 1.165) is 33.8 Å². The number of nitrogens with one attached hydrogen (secondary N) is 1. The van der Waals surface area contributed by atoms with Crippen molar-refractivity contribution in [3.05, 3.63) is 114 Å².